The molecule has 0 spiro atoms. The Bertz CT molecular complexity index is 451. The van der Waals surface area contributed by atoms with E-state index in [2.05, 4.69) is 24.1 Å². The van der Waals surface area contributed by atoms with Crippen LogP contribution in [-0.4, -0.2) is 42.7 Å². The molecule has 0 fully saturated rings. The minimum Gasteiger partial charge on any atom is -0.478 e. The number of halogens is 1. The van der Waals surface area contributed by atoms with E-state index >= 15 is 0 Å². The van der Waals surface area contributed by atoms with Gasteiger partial charge >= 0.3 is 5.97 Å². The van der Waals surface area contributed by atoms with E-state index in [1.165, 1.54) is 0 Å². The molecule has 1 rings (SSSR count). The summed E-state index contributed by atoms with van der Waals surface area (Å²) in [6.07, 6.45) is 0.962. The molecule has 0 heterocycles. The lowest BCUT2D eigenvalue weighted by atomic mass is 10.0. The number of anilines is 1. The topological polar surface area (TPSA) is 52.6 Å². The molecule has 1 unspecified atom stereocenters. The summed E-state index contributed by atoms with van der Waals surface area (Å²) >= 11 is 5.99. The van der Waals surface area contributed by atoms with Crippen LogP contribution in [0.25, 0.3) is 0 Å². The second kappa shape index (κ2) is 7.50. The van der Waals surface area contributed by atoms with Crippen LogP contribution >= 0.6 is 11.6 Å². The Hall–Kier alpha value is -1.26. The van der Waals surface area contributed by atoms with Gasteiger partial charge in [0.05, 0.1) is 10.7 Å². The highest BCUT2D eigenvalue weighted by Crippen LogP contribution is 2.25. The number of carbonyl (C=O) groups is 1. The van der Waals surface area contributed by atoms with E-state index < -0.39 is 5.97 Å². The van der Waals surface area contributed by atoms with Gasteiger partial charge in [-0.2, -0.15) is 0 Å². The number of rotatable bonds is 7. The van der Waals surface area contributed by atoms with Gasteiger partial charge in [0.15, 0.2) is 0 Å². The molecule has 0 saturated carbocycles. The van der Waals surface area contributed by atoms with Crippen LogP contribution < -0.4 is 5.32 Å². The highest BCUT2D eigenvalue weighted by molar-refractivity contribution is 6.34. The Kier molecular flexibility index (Phi) is 6.30. The maximum Gasteiger partial charge on any atom is 0.339 e. The first-order valence-electron chi connectivity index (χ1n) is 6.74. The maximum absolute atomic E-state index is 11.3. The van der Waals surface area contributed by atoms with E-state index in [1.54, 1.807) is 18.2 Å². The molecule has 1 aromatic rings. The van der Waals surface area contributed by atoms with Crippen LogP contribution in [0.5, 0.6) is 0 Å². The average molecular weight is 299 g/mol. The van der Waals surface area contributed by atoms with Gasteiger partial charge in [-0.25, -0.2) is 4.79 Å². The Labute approximate surface area is 125 Å². The average Bonchev–Trinajstić information content (AvgIpc) is 2.26. The van der Waals surface area contributed by atoms with Gasteiger partial charge in [0.25, 0.3) is 0 Å². The number of aromatic carboxylic acids is 1. The lowest BCUT2D eigenvalue weighted by Gasteiger charge is -2.25. The van der Waals surface area contributed by atoms with Crippen molar-refractivity contribution in [3.8, 4) is 0 Å². The zero-order valence-electron chi connectivity index (χ0n) is 12.5. The third kappa shape index (κ3) is 5.02. The number of nitrogens with one attached hydrogen (secondary N) is 1. The fraction of sp³-hybridized carbons (Fsp3) is 0.533. The van der Waals surface area contributed by atoms with Gasteiger partial charge in [-0.15, -0.1) is 0 Å². The SMILES string of the molecule is CC(C)CC(CN(C)C)Nc1cccc(Cl)c1C(=O)O. The van der Waals surface area contributed by atoms with Gasteiger partial charge in [0, 0.05) is 12.6 Å². The summed E-state index contributed by atoms with van der Waals surface area (Å²) in [5.41, 5.74) is 0.721. The van der Waals surface area contributed by atoms with E-state index in [-0.39, 0.29) is 16.6 Å². The molecule has 0 radical (unpaired) electrons. The van der Waals surface area contributed by atoms with Crippen molar-refractivity contribution in [3.63, 3.8) is 0 Å². The van der Waals surface area contributed by atoms with Crippen molar-refractivity contribution < 1.29 is 9.90 Å². The maximum atomic E-state index is 11.3. The van der Waals surface area contributed by atoms with Crippen molar-refractivity contribution in [2.75, 3.05) is 26.0 Å². The first kappa shape index (κ1) is 16.8. The Morgan fingerprint density at radius 3 is 2.55 bits per heavy atom. The highest BCUT2D eigenvalue weighted by Gasteiger charge is 2.18. The van der Waals surface area contributed by atoms with E-state index in [9.17, 15) is 9.90 Å². The lowest BCUT2D eigenvalue weighted by molar-refractivity contribution is 0.0698. The van der Waals surface area contributed by atoms with Gasteiger partial charge in [0.1, 0.15) is 5.56 Å². The minimum absolute atomic E-state index is 0.140. The van der Waals surface area contributed by atoms with Gasteiger partial charge < -0.3 is 15.3 Å². The van der Waals surface area contributed by atoms with Crippen molar-refractivity contribution in [2.24, 2.45) is 5.92 Å². The second-order valence-corrected chi connectivity index (χ2v) is 6.11. The van der Waals surface area contributed by atoms with Gasteiger partial charge in [-0.05, 0) is 38.6 Å². The Morgan fingerprint density at radius 1 is 1.40 bits per heavy atom. The number of likely N-dealkylation sites (N-methyl/N-ethyl adjacent to an activating group) is 1. The van der Waals surface area contributed by atoms with E-state index in [1.807, 2.05) is 14.1 Å². The molecule has 0 bridgehead atoms. The molecule has 4 nitrogen and oxygen atoms in total. The van der Waals surface area contributed by atoms with Crippen molar-refractivity contribution in [2.45, 2.75) is 26.3 Å². The van der Waals surface area contributed by atoms with Gasteiger partial charge in [-0.3, -0.25) is 0 Å². The monoisotopic (exact) mass is 298 g/mol. The molecule has 20 heavy (non-hydrogen) atoms. The Morgan fingerprint density at radius 2 is 2.05 bits per heavy atom. The molecule has 5 heteroatoms. The molecule has 112 valence electrons. The lowest BCUT2D eigenvalue weighted by Crippen LogP contribution is -2.34. The number of hydrogen-bond acceptors (Lipinski definition) is 3. The molecule has 0 aliphatic rings. The van der Waals surface area contributed by atoms with Crippen molar-refractivity contribution >= 4 is 23.3 Å². The molecule has 2 N–H and O–H groups in total. The second-order valence-electron chi connectivity index (χ2n) is 5.70. The molecule has 1 aromatic carbocycles. The van der Waals surface area contributed by atoms with Crippen LogP contribution in [0.2, 0.25) is 5.02 Å². The predicted molar refractivity (Wildman–Crippen MR) is 83.8 cm³/mol. The summed E-state index contributed by atoms with van der Waals surface area (Å²) in [4.78, 5) is 13.4. The fourth-order valence-corrected chi connectivity index (χ4v) is 2.53. The predicted octanol–water partition coefficient (Wildman–Crippen LogP) is 3.43. The van der Waals surface area contributed by atoms with E-state index in [4.69, 9.17) is 11.6 Å². The zero-order chi connectivity index (χ0) is 15.3. The van der Waals surface area contributed by atoms with Crippen LogP contribution in [0, 0.1) is 5.92 Å². The molecule has 0 amide bonds. The van der Waals surface area contributed by atoms with E-state index in [0.29, 0.717) is 11.6 Å². The van der Waals surface area contributed by atoms with Gasteiger partial charge in [-0.1, -0.05) is 31.5 Å². The van der Waals surface area contributed by atoms with Gasteiger partial charge in [0.2, 0.25) is 0 Å². The smallest absolute Gasteiger partial charge is 0.339 e. The van der Waals surface area contributed by atoms with Crippen molar-refractivity contribution in [1.29, 1.82) is 0 Å². The molecule has 1 atom stereocenters. The summed E-state index contributed by atoms with van der Waals surface area (Å²) < 4.78 is 0. The third-order valence-corrected chi connectivity index (χ3v) is 3.24. The largest absolute Gasteiger partial charge is 0.478 e. The molecule has 0 aliphatic carbocycles. The highest BCUT2D eigenvalue weighted by atomic mass is 35.5. The summed E-state index contributed by atoms with van der Waals surface area (Å²) in [7, 11) is 4.01. The summed E-state index contributed by atoms with van der Waals surface area (Å²) in [5, 5.41) is 12.9. The number of nitrogens with zero attached hydrogens (tertiary/aromatic N) is 1. The standard InChI is InChI=1S/C15H23ClN2O2/c1-10(2)8-11(9-18(3)4)17-13-7-5-6-12(16)14(13)15(19)20/h5-7,10-11,17H,8-9H2,1-4H3,(H,19,20). The first-order chi connectivity index (χ1) is 9.31. The van der Waals surface area contributed by atoms with Crippen LogP contribution in [-0.2, 0) is 0 Å². The van der Waals surface area contributed by atoms with Crippen molar-refractivity contribution in [1.82, 2.24) is 4.90 Å². The molecular weight excluding hydrogens is 276 g/mol. The summed E-state index contributed by atoms with van der Waals surface area (Å²) in [5.74, 6) is -0.480. The van der Waals surface area contributed by atoms with Crippen LogP contribution in [0.3, 0.4) is 0 Å². The third-order valence-electron chi connectivity index (χ3n) is 2.93. The molecule has 0 aromatic heterocycles. The number of carboxylic acid groups (broad SMARTS) is 1. The van der Waals surface area contributed by atoms with Crippen molar-refractivity contribution in [3.05, 3.63) is 28.8 Å². The summed E-state index contributed by atoms with van der Waals surface area (Å²) in [6.45, 7) is 5.14. The van der Waals surface area contributed by atoms with E-state index in [0.717, 1.165) is 13.0 Å². The first-order valence-corrected chi connectivity index (χ1v) is 7.12. The number of hydrogen-bond donors (Lipinski definition) is 2. The van der Waals surface area contributed by atoms with Crippen LogP contribution in [0.15, 0.2) is 18.2 Å². The minimum atomic E-state index is -1.01. The molecule has 0 aliphatic heterocycles. The van der Waals surface area contributed by atoms with Crippen LogP contribution in [0.1, 0.15) is 30.6 Å². The number of carboxylic acids is 1. The molecular formula is C15H23ClN2O2. The molecule has 0 saturated heterocycles. The Balaban J connectivity index is 2.98. The number of benzene rings is 1. The quantitative estimate of drug-likeness (QED) is 0.810. The normalized spacial score (nSPS) is 12.8. The van der Waals surface area contributed by atoms with Crippen LogP contribution in [0.4, 0.5) is 5.69 Å². The summed E-state index contributed by atoms with van der Waals surface area (Å²) in [6, 6.07) is 5.30. The zero-order valence-corrected chi connectivity index (χ0v) is 13.2. The fourth-order valence-electron chi connectivity index (χ4n) is 2.27.